The zero-order chi connectivity index (χ0) is 8.43. The highest BCUT2D eigenvalue weighted by atomic mass is 79.9. The van der Waals surface area contributed by atoms with Crippen molar-refractivity contribution >= 4 is 15.9 Å². The monoisotopic (exact) mass is 217 g/mol. The summed E-state index contributed by atoms with van der Waals surface area (Å²) in [5, 5.41) is 8.21. The molecular formula is C7H12BrN3. The number of nitrogens with zero attached hydrogens (tertiary/aromatic N) is 3. The first-order chi connectivity index (χ1) is 5.11. The van der Waals surface area contributed by atoms with Crippen molar-refractivity contribution in [3.05, 3.63) is 11.9 Å². The second-order valence-corrected chi connectivity index (χ2v) is 4.17. The van der Waals surface area contributed by atoms with Gasteiger partial charge >= 0.3 is 0 Å². The normalized spacial score (nSPS) is 16.4. The fourth-order valence-corrected chi connectivity index (χ4v) is 1.08. The van der Waals surface area contributed by atoms with Crippen LogP contribution in [0.25, 0.3) is 0 Å². The maximum Gasteiger partial charge on any atom is 0.0866 e. The van der Waals surface area contributed by atoms with Crippen molar-refractivity contribution < 1.29 is 0 Å². The van der Waals surface area contributed by atoms with Gasteiger partial charge in [0.15, 0.2) is 0 Å². The molecule has 4 heteroatoms. The van der Waals surface area contributed by atoms with E-state index < -0.39 is 0 Å². The highest BCUT2D eigenvalue weighted by Gasteiger charge is 2.13. The van der Waals surface area contributed by atoms with E-state index in [-0.39, 0.29) is 0 Å². The van der Waals surface area contributed by atoms with Crippen LogP contribution < -0.4 is 0 Å². The molecule has 0 saturated heterocycles. The Morgan fingerprint density at radius 2 is 2.18 bits per heavy atom. The van der Waals surface area contributed by atoms with Gasteiger partial charge in [0.2, 0.25) is 0 Å². The van der Waals surface area contributed by atoms with Crippen LogP contribution in [0.1, 0.15) is 25.5 Å². The van der Waals surface area contributed by atoms with Gasteiger partial charge in [-0.25, -0.2) is 0 Å². The number of hydrogen-bond acceptors (Lipinski definition) is 2. The van der Waals surface area contributed by atoms with Gasteiger partial charge in [0.05, 0.1) is 11.9 Å². The third-order valence-corrected chi connectivity index (χ3v) is 2.57. The summed E-state index contributed by atoms with van der Waals surface area (Å²) in [5.41, 5.74) is 1.04. The standard InChI is InChI=1S/C7H12BrN3/c1-5(6(2)8)7-4-9-11(3)10-7/h4-6H,1-3H3. The largest absolute Gasteiger partial charge is 0.188 e. The third kappa shape index (κ3) is 2.02. The van der Waals surface area contributed by atoms with Crippen LogP contribution in [-0.4, -0.2) is 19.8 Å². The molecule has 0 fully saturated rings. The van der Waals surface area contributed by atoms with Gasteiger partial charge < -0.3 is 0 Å². The van der Waals surface area contributed by atoms with Gasteiger partial charge in [0, 0.05) is 17.8 Å². The first-order valence-corrected chi connectivity index (χ1v) is 4.53. The van der Waals surface area contributed by atoms with Crippen LogP contribution in [0.4, 0.5) is 0 Å². The van der Waals surface area contributed by atoms with E-state index in [0.717, 1.165) is 5.69 Å². The van der Waals surface area contributed by atoms with E-state index in [4.69, 9.17) is 0 Å². The maximum absolute atomic E-state index is 4.21. The molecule has 2 unspecified atom stereocenters. The molecule has 0 aromatic carbocycles. The van der Waals surface area contributed by atoms with Crippen LogP contribution in [0, 0.1) is 0 Å². The minimum Gasteiger partial charge on any atom is -0.188 e. The molecule has 1 heterocycles. The van der Waals surface area contributed by atoms with Crippen molar-refractivity contribution in [2.24, 2.45) is 7.05 Å². The predicted molar refractivity (Wildman–Crippen MR) is 47.8 cm³/mol. The van der Waals surface area contributed by atoms with Gasteiger partial charge in [-0.2, -0.15) is 15.0 Å². The average Bonchev–Trinajstić information content (AvgIpc) is 2.34. The fraction of sp³-hybridized carbons (Fsp3) is 0.714. The third-order valence-electron chi connectivity index (χ3n) is 1.77. The molecule has 1 aromatic rings. The molecule has 2 atom stereocenters. The van der Waals surface area contributed by atoms with Gasteiger partial charge in [-0.05, 0) is 0 Å². The smallest absolute Gasteiger partial charge is 0.0866 e. The van der Waals surface area contributed by atoms with Crippen molar-refractivity contribution in [3.63, 3.8) is 0 Å². The summed E-state index contributed by atoms with van der Waals surface area (Å²) in [4.78, 5) is 2.03. The zero-order valence-corrected chi connectivity index (χ0v) is 8.54. The minimum atomic E-state index is 0.420. The van der Waals surface area contributed by atoms with Crippen LogP contribution in [0.5, 0.6) is 0 Å². The van der Waals surface area contributed by atoms with Gasteiger partial charge in [0.1, 0.15) is 0 Å². The molecule has 0 aliphatic carbocycles. The van der Waals surface area contributed by atoms with E-state index >= 15 is 0 Å². The van der Waals surface area contributed by atoms with Crippen LogP contribution in [0.2, 0.25) is 0 Å². The molecular weight excluding hydrogens is 206 g/mol. The second kappa shape index (κ2) is 3.34. The molecule has 1 rings (SSSR count). The summed E-state index contributed by atoms with van der Waals surface area (Å²) in [6.45, 7) is 4.24. The van der Waals surface area contributed by atoms with Crippen molar-refractivity contribution in [2.75, 3.05) is 0 Å². The Morgan fingerprint density at radius 1 is 1.55 bits per heavy atom. The highest BCUT2D eigenvalue weighted by Crippen LogP contribution is 2.21. The van der Waals surface area contributed by atoms with Crippen LogP contribution in [0.3, 0.4) is 0 Å². The summed E-state index contributed by atoms with van der Waals surface area (Å²) in [5.74, 6) is 0.420. The van der Waals surface area contributed by atoms with Crippen molar-refractivity contribution in [1.82, 2.24) is 15.0 Å². The van der Waals surface area contributed by atoms with E-state index in [9.17, 15) is 0 Å². The topological polar surface area (TPSA) is 30.7 Å². The molecule has 62 valence electrons. The lowest BCUT2D eigenvalue weighted by molar-refractivity contribution is 0.627. The lowest BCUT2D eigenvalue weighted by Gasteiger charge is -2.09. The Labute approximate surface area is 74.9 Å². The molecule has 0 aliphatic rings. The Morgan fingerprint density at radius 3 is 2.55 bits per heavy atom. The molecule has 0 bridgehead atoms. The van der Waals surface area contributed by atoms with Crippen molar-refractivity contribution in [1.29, 1.82) is 0 Å². The Bertz CT molecular complexity index is 231. The fourth-order valence-electron chi connectivity index (χ4n) is 0.805. The molecule has 3 nitrogen and oxygen atoms in total. The number of alkyl halides is 1. The summed E-state index contributed by atoms with van der Waals surface area (Å²) >= 11 is 3.51. The van der Waals surface area contributed by atoms with Crippen LogP contribution in [0.15, 0.2) is 6.20 Å². The minimum absolute atomic E-state index is 0.420. The number of halogens is 1. The molecule has 1 aromatic heterocycles. The van der Waals surface area contributed by atoms with Crippen molar-refractivity contribution in [3.8, 4) is 0 Å². The summed E-state index contributed by atoms with van der Waals surface area (Å²) in [6.07, 6.45) is 1.81. The van der Waals surface area contributed by atoms with Gasteiger partial charge in [-0.3, -0.25) is 0 Å². The summed E-state index contributed by atoms with van der Waals surface area (Å²) in [7, 11) is 1.83. The summed E-state index contributed by atoms with van der Waals surface area (Å²) < 4.78 is 0. The average molecular weight is 218 g/mol. The van der Waals surface area contributed by atoms with E-state index in [0.29, 0.717) is 10.7 Å². The first-order valence-electron chi connectivity index (χ1n) is 3.61. The first kappa shape index (κ1) is 8.71. The van der Waals surface area contributed by atoms with E-state index in [1.165, 1.54) is 0 Å². The quantitative estimate of drug-likeness (QED) is 0.707. The molecule has 0 N–H and O–H groups in total. The Kier molecular flexibility index (Phi) is 2.65. The lowest BCUT2D eigenvalue weighted by Crippen LogP contribution is -2.05. The van der Waals surface area contributed by atoms with Gasteiger partial charge in [0.25, 0.3) is 0 Å². The molecule has 11 heavy (non-hydrogen) atoms. The zero-order valence-electron chi connectivity index (χ0n) is 6.95. The Balaban J connectivity index is 2.76. The van der Waals surface area contributed by atoms with Crippen LogP contribution in [-0.2, 0) is 7.05 Å². The number of aryl methyl sites for hydroxylation is 1. The number of hydrogen-bond donors (Lipinski definition) is 0. The maximum atomic E-state index is 4.21. The second-order valence-electron chi connectivity index (χ2n) is 2.73. The highest BCUT2D eigenvalue weighted by molar-refractivity contribution is 9.09. The number of rotatable bonds is 2. The lowest BCUT2D eigenvalue weighted by atomic mass is 10.1. The number of aromatic nitrogens is 3. The van der Waals surface area contributed by atoms with Crippen LogP contribution >= 0.6 is 15.9 Å². The SMILES string of the molecule is CC(Br)C(C)c1cnn(C)n1. The molecule has 0 saturated carbocycles. The van der Waals surface area contributed by atoms with Gasteiger partial charge in [-0.1, -0.05) is 29.8 Å². The van der Waals surface area contributed by atoms with Gasteiger partial charge in [-0.15, -0.1) is 0 Å². The molecule has 0 radical (unpaired) electrons. The van der Waals surface area contributed by atoms with E-state index in [2.05, 4.69) is 40.0 Å². The molecule has 0 amide bonds. The van der Waals surface area contributed by atoms with E-state index in [1.54, 1.807) is 4.80 Å². The van der Waals surface area contributed by atoms with E-state index in [1.807, 2.05) is 13.2 Å². The molecule has 0 aliphatic heterocycles. The molecule has 0 spiro atoms. The predicted octanol–water partition coefficient (Wildman–Crippen LogP) is 1.70. The summed E-state index contributed by atoms with van der Waals surface area (Å²) in [6, 6.07) is 0. The van der Waals surface area contributed by atoms with Crippen molar-refractivity contribution in [2.45, 2.75) is 24.6 Å². The Hall–Kier alpha value is -0.380.